The van der Waals surface area contributed by atoms with Crippen molar-refractivity contribution in [2.24, 2.45) is 11.1 Å². The maximum Gasteiger partial charge on any atom is 0.251 e. The number of amides is 2. The van der Waals surface area contributed by atoms with Gasteiger partial charge in [0, 0.05) is 30.1 Å². The van der Waals surface area contributed by atoms with Crippen LogP contribution in [0.25, 0.3) is 0 Å². The molecule has 0 radical (unpaired) electrons. The Morgan fingerprint density at radius 3 is 2.18 bits per heavy atom. The van der Waals surface area contributed by atoms with Gasteiger partial charge in [-0.2, -0.15) is 0 Å². The van der Waals surface area contributed by atoms with Gasteiger partial charge in [-0.15, -0.1) is 12.4 Å². The number of nitrogens with two attached hydrogens (primary N) is 1. The summed E-state index contributed by atoms with van der Waals surface area (Å²) >= 11 is 0. The van der Waals surface area contributed by atoms with E-state index < -0.39 is 5.41 Å². The van der Waals surface area contributed by atoms with Crippen LogP contribution in [0.15, 0.2) is 24.3 Å². The van der Waals surface area contributed by atoms with E-state index in [2.05, 4.69) is 10.6 Å². The Kier molecular flexibility index (Phi) is 8.12. The molecule has 2 amide bonds. The van der Waals surface area contributed by atoms with Crippen molar-refractivity contribution in [3.05, 3.63) is 35.4 Å². The molecule has 0 aromatic heterocycles. The molecule has 1 aromatic rings. The van der Waals surface area contributed by atoms with Crippen LogP contribution in [-0.4, -0.2) is 24.4 Å². The van der Waals surface area contributed by atoms with Crippen LogP contribution in [0.3, 0.4) is 0 Å². The Balaban J connectivity index is 0.00000441. The molecule has 0 aliphatic rings. The largest absolute Gasteiger partial charge is 0.352 e. The molecule has 4 N–H and O–H groups in total. The fraction of sp³-hybridized carbons (Fsp3) is 0.500. The van der Waals surface area contributed by atoms with Gasteiger partial charge in [0.15, 0.2) is 0 Å². The molecule has 0 saturated heterocycles. The van der Waals surface area contributed by atoms with Crippen molar-refractivity contribution in [1.29, 1.82) is 0 Å². The molecule has 0 fully saturated rings. The number of carbonyl (C=O) groups is 2. The third-order valence-electron chi connectivity index (χ3n) is 3.08. The van der Waals surface area contributed by atoms with Crippen molar-refractivity contribution in [3.63, 3.8) is 0 Å². The van der Waals surface area contributed by atoms with Crippen LogP contribution in [0.2, 0.25) is 0 Å². The number of halogens is 1. The first-order valence-corrected chi connectivity index (χ1v) is 7.12. The molecule has 124 valence electrons. The lowest BCUT2D eigenvalue weighted by atomic mass is 9.95. The lowest BCUT2D eigenvalue weighted by molar-refractivity contribution is -0.128. The van der Waals surface area contributed by atoms with Gasteiger partial charge in [0.05, 0.1) is 0 Å². The van der Waals surface area contributed by atoms with E-state index in [0.29, 0.717) is 18.7 Å². The first kappa shape index (κ1) is 20.4. The summed E-state index contributed by atoms with van der Waals surface area (Å²) in [5, 5.41) is 5.67. The molecular formula is C16H26ClN3O2. The Bertz CT molecular complexity index is 495. The Morgan fingerprint density at radius 2 is 1.73 bits per heavy atom. The average Bonchev–Trinajstić information content (AvgIpc) is 2.43. The molecule has 22 heavy (non-hydrogen) atoms. The summed E-state index contributed by atoms with van der Waals surface area (Å²) in [5.74, 6) is -0.140. The van der Waals surface area contributed by atoms with Crippen LogP contribution < -0.4 is 16.4 Å². The highest BCUT2D eigenvalue weighted by Crippen LogP contribution is 2.13. The van der Waals surface area contributed by atoms with E-state index in [1.54, 1.807) is 12.1 Å². The highest BCUT2D eigenvalue weighted by molar-refractivity contribution is 5.94. The lowest BCUT2D eigenvalue weighted by Crippen LogP contribution is -2.37. The van der Waals surface area contributed by atoms with Crippen molar-refractivity contribution >= 4 is 24.2 Å². The highest BCUT2D eigenvalue weighted by atomic mass is 35.5. The van der Waals surface area contributed by atoms with Gasteiger partial charge in [0.25, 0.3) is 5.91 Å². The molecule has 0 heterocycles. The summed E-state index contributed by atoms with van der Waals surface area (Å²) in [6, 6.07) is 7.12. The van der Waals surface area contributed by atoms with Gasteiger partial charge in [-0.1, -0.05) is 32.9 Å². The van der Waals surface area contributed by atoms with Crippen molar-refractivity contribution in [1.82, 2.24) is 10.6 Å². The minimum absolute atomic E-state index is 0. The van der Waals surface area contributed by atoms with E-state index in [1.807, 2.05) is 39.8 Å². The zero-order valence-electron chi connectivity index (χ0n) is 13.6. The maximum absolute atomic E-state index is 11.9. The van der Waals surface area contributed by atoms with Gasteiger partial charge in [-0.05, 0) is 24.6 Å². The number of rotatable bonds is 5. The van der Waals surface area contributed by atoms with Crippen LogP contribution in [0.5, 0.6) is 0 Å². The summed E-state index contributed by atoms with van der Waals surface area (Å²) < 4.78 is 0. The van der Waals surface area contributed by atoms with Crippen molar-refractivity contribution < 1.29 is 9.59 Å². The second-order valence-electron chi connectivity index (χ2n) is 6.24. The number of benzene rings is 1. The number of hydrogen-bond acceptors (Lipinski definition) is 3. The second-order valence-corrected chi connectivity index (χ2v) is 6.24. The average molecular weight is 328 g/mol. The van der Waals surface area contributed by atoms with Gasteiger partial charge < -0.3 is 16.4 Å². The van der Waals surface area contributed by atoms with Crippen LogP contribution in [0.4, 0.5) is 0 Å². The smallest absolute Gasteiger partial charge is 0.251 e. The SMILES string of the molecule is C[C@@H](CN)NC(=O)c1ccc(CNC(=O)C(C)(C)C)cc1.Cl. The van der Waals surface area contributed by atoms with Crippen LogP contribution >= 0.6 is 12.4 Å². The van der Waals surface area contributed by atoms with Crippen LogP contribution in [-0.2, 0) is 11.3 Å². The molecule has 0 aliphatic carbocycles. The molecule has 0 saturated carbocycles. The van der Waals surface area contributed by atoms with E-state index in [4.69, 9.17) is 5.73 Å². The zero-order chi connectivity index (χ0) is 16.0. The molecule has 1 aromatic carbocycles. The molecule has 0 bridgehead atoms. The first-order valence-electron chi connectivity index (χ1n) is 7.12. The van der Waals surface area contributed by atoms with Crippen molar-refractivity contribution in [3.8, 4) is 0 Å². The highest BCUT2D eigenvalue weighted by Gasteiger charge is 2.20. The molecule has 5 nitrogen and oxygen atoms in total. The topological polar surface area (TPSA) is 84.2 Å². The number of hydrogen-bond donors (Lipinski definition) is 3. The number of carbonyl (C=O) groups excluding carboxylic acids is 2. The normalized spacial score (nSPS) is 12.0. The monoisotopic (exact) mass is 327 g/mol. The van der Waals surface area contributed by atoms with Gasteiger partial charge in [-0.3, -0.25) is 9.59 Å². The minimum Gasteiger partial charge on any atom is -0.352 e. The molecular weight excluding hydrogens is 302 g/mol. The van der Waals surface area contributed by atoms with E-state index in [1.165, 1.54) is 0 Å². The van der Waals surface area contributed by atoms with Gasteiger partial charge >= 0.3 is 0 Å². The molecule has 1 atom stereocenters. The standard InChI is InChI=1S/C16H25N3O2.ClH/c1-11(9-17)19-14(20)13-7-5-12(6-8-13)10-18-15(21)16(2,3)4;/h5-8,11H,9-10,17H2,1-4H3,(H,18,21)(H,19,20);1H/t11-;/m0./s1. The summed E-state index contributed by atoms with van der Waals surface area (Å²) in [7, 11) is 0. The van der Waals surface area contributed by atoms with E-state index in [9.17, 15) is 9.59 Å². The fourth-order valence-corrected chi connectivity index (χ4v) is 1.59. The Labute approximate surface area is 138 Å². The minimum atomic E-state index is -0.405. The van der Waals surface area contributed by atoms with Crippen LogP contribution in [0.1, 0.15) is 43.6 Å². The second kappa shape index (κ2) is 8.76. The first-order chi connectivity index (χ1) is 9.74. The number of nitrogens with one attached hydrogen (secondary N) is 2. The summed E-state index contributed by atoms with van der Waals surface area (Å²) in [5.41, 5.74) is 6.61. The van der Waals surface area contributed by atoms with E-state index in [0.717, 1.165) is 5.56 Å². The molecule has 0 unspecified atom stereocenters. The molecule has 0 aliphatic heterocycles. The molecule has 1 rings (SSSR count). The van der Waals surface area contributed by atoms with E-state index >= 15 is 0 Å². The maximum atomic E-state index is 11.9. The Morgan fingerprint density at radius 1 is 1.18 bits per heavy atom. The van der Waals surface area contributed by atoms with E-state index in [-0.39, 0.29) is 30.3 Å². The third-order valence-corrected chi connectivity index (χ3v) is 3.08. The summed E-state index contributed by atoms with van der Waals surface area (Å²) in [6.07, 6.45) is 0. The van der Waals surface area contributed by atoms with Crippen molar-refractivity contribution in [2.45, 2.75) is 40.3 Å². The Hall–Kier alpha value is -1.59. The predicted molar refractivity (Wildman–Crippen MR) is 91.0 cm³/mol. The lowest BCUT2D eigenvalue weighted by Gasteiger charge is -2.17. The fourth-order valence-electron chi connectivity index (χ4n) is 1.59. The zero-order valence-corrected chi connectivity index (χ0v) is 14.4. The third kappa shape index (κ3) is 6.45. The summed E-state index contributed by atoms with van der Waals surface area (Å²) in [4.78, 5) is 23.7. The molecule has 0 spiro atoms. The molecule has 6 heteroatoms. The van der Waals surface area contributed by atoms with Crippen LogP contribution in [0, 0.1) is 5.41 Å². The van der Waals surface area contributed by atoms with Gasteiger partial charge in [0.1, 0.15) is 0 Å². The van der Waals surface area contributed by atoms with Crippen molar-refractivity contribution in [2.75, 3.05) is 6.54 Å². The quantitative estimate of drug-likeness (QED) is 0.771. The predicted octanol–water partition coefficient (Wildman–Crippen LogP) is 1.85. The van der Waals surface area contributed by atoms with Gasteiger partial charge in [0.2, 0.25) is 5.91 Å². The van der Waals surface area contributed by atoms with Gasteiger partial charge in [-0.25, -0.2) is 0 Å². The summed E-state index contributed by atoms with van der Waals surface area (Å²) in [6.45, 7) is 8.32.